The van der Waals surface area contributed by atoms with Gasteiger partial charge in [-0.3, -0.25) is 0 Å². The number of sulfonamides is 1. The molecule has 0 N–H and O–H groups in total. The van der Waals surface area contributed by atoms with Crippen LogP contribution in [-0.4, -0.2) is 32.4 Å². The average molecular weight is 377 g/mol. The van der Waals surface area contributed by atoms with Crippen molar-refractivity contribution in [3.63, 3.8) is 0 Å². The van der Waals surface area contributed by atoms with E-state index in [1.54, 1.807) is 36.4 Å². The Morgan fingerprint density at radius 1 is 1.16 bits per heavy atom. The average Bonchev–Trinajstić information content (AvgIpc) is 2.58. The fraction of sp³-hybridized carbons (Fsp3) is 0.278. The van der Waals surface area contributed by atoms with Crippen LogP contribution in [0.4, 0.5) is 5.69 Å². The highest BCUT2D eigenvalue weighted by Crippen LogP contribution is 2.35. The molecule has 0 radical (unpaired) electrons. The number of hydrogen-bond acceptors (Lipinski definition) is 3. The molecule has 0 saturated carbocycles. The molecule has 2 aromatic rings. The number of nitrogens with zero attached hydrogens (tertiary/aromatic N) is 2. The Kier molecular flexibility index (Phi) is 4.74. The van der Waals surface area contributed by atoms with Gasteiger partial charge in [0.2, 0.25) is 10.0 Å². The minimum Gasteiger partial charge on any atom is -0.493 e. The van der Waals surface area contributed by atoms with E-state index in [9.17, 15) is 8.42 Å². The zero-order chi connectivity index (χ0) is 18.1. The van der Waals surface area contributed by atoms with Crippen LogP contribution >= 0.6 is 11.6 Å². The van der Waals surface area contributed by atoms with Gasteiger partial charge in [-0.2, -0.15) is 4.31 Å². The van der Waals surface area contributed by atoms with E-state index in [0.717, 1.165) is 0 Å². The van der Waals surface area contributed by atoms with Crippen molar-refractivity contribution in [3.8, 4) is 5.75 Å². The molecule has 2 aromatic carbocycles. The van der Waals surface area contributed by atoms with Crippen molar-refractivity contribution in [1.82, 2.24) is 4.31 Å². The molecular weight excluding hydrogens is 360 g/mol. The molecule has 1 aliphatic heterocycles. The van der Waals surface area contributed by atoms with Crippen LogP contribution in [-0.2, 0) is 10.0 Å². The Hall–Kier alpha value is -2.07. The number of benzene rings is 2. The van der Waals surface area contributed by atoms with Crippen molar-refractivity contribution in [1.29, 1.82) is 0 Å². The van der Waals surface area contributed by atoms with Crippen LogP contribution in [0.3, 0.4) is 0 Å². The Bertz CT molecular complexity index is 897. The van der Waals surface area contributed by atoms with Gasteiger partial charge in [-0.15, -0.1) is 0 Å². The fourth-order valence-electron chi connectivity index (χ4n) is 2.70. The molecule has 7 heteroatoms. The number of hydrogen-bond donors (Lipinski definition) is 0. The first kappa shape index (κ1) is 17.7. The van der Waals surface area contributed by atoms with Gasteiger partial charge in [-0.25, -0.2) is 13.3 Å². The third kappa shape index (κ3) is 3.79. The van der Waals surface area contributed by atoms with Crippen molar-refractivity contribution < 1.29 is 13.2 Å². The van der Waals surface area contributed by atoms with Crippen molar-refractivity contribution >= 4 is 27.3 Å². The molecule has 0 amide bonds. The largest absolute Gasteiger partial charge is 0.493 e. The number of halogens is 1. The Labute approximate surface area is 152 Å². The van der Waals surface area contributed by atoms with E-state index in [1.165, 1.54) is 16.4 Å². The Balaban J connectivity index is 1.60. The summed E-state index contributed by atoms with van der Waals surface area (Å²) in [5.74, 6) is 0.674. The number of rotatable bonds is 5. The Morgan fingerprint density at radius 3 is 2.32 bits per heavy atom. The molecule has 1 heterocycles. The lowest BCUT2D eigenvalue weighted by atomic mass is 9.85. The second-order valence-electron chi connectivity index (χ2n) is 6.43. The molecule has 0 aromatic heterocycles. The van der Waals surface area contributed by atoms with Gasteiger partial charge >= 0.3 is 0 Å². The van der Waals surface area contributed by atoms with E-state index in [2.05, 4.69) is 4.85 Å². The Morgan fingerprint density at radius 2 is 1.76 bits per heavy atom. The second kappa shape index (κ2) is 6.68. The summed E-state index contributed by atoms with van der Waals surface area (Å²) >= 11 is 5.81. The van der Waals surface area contributed by atoms with Crippen molar-refractivity contribution in [2.75, 3.05) is 19.7 Å². The molecule has 25 heavy (non-hydrogen) atoms. The first-order valence-electron chi connectivity index (χ1n) is 7.68. The first-order valence-corrected chi connectivity index (χ1v) is 9.50. The topological polar surface area (TPSA) is 51.0 Å². The molecule has 0 bridgehead atoms. The van der Waals surface area contributed by atoms with E-state index >= 15 is 0 Å². The summed E-state index contributed by atoms with van der Waals surface area (Å²) in [5, 5.41) is 0.505. The summed E-state index contributed by atoms with van der Waals surface area (Å²) in [7, 11) is -3.50. The second-order valence-corrected chi connectivity index (χ2v) is 8.81. The minimum absolute atomic E-state index is 0.238. The zero-order valence-corrected chi connectivity index (χ0v) is 15.2. The van der Waals surface area contributed by atoms with Crippen LogP contribution in [0.1, 0.15) is 6.92 Å². The van der Waals surface area contributed by atoms with Crippen molar-refractivity contribution in [3.05, 3.63) is 65.0 Å². The summed E-state index contributed by atoms with van der Waals surface area (Å²) in [6, 6.07) is 13.1. The molecule has 0 unspecified atom stereocenters. The molecular formula is C18H17ClN2O3S. The van der Waals surface area contributed by atoms with Gasteiger partial charge < -0.3 is 4.74 Å². The molecule has 0 spiro atoms. The van der Waals surface area contributed by atoms with Gasteiger partial charge in [0.1, 0.15) is 5.75 Å². The summed E-state index contributed by atoms with van der Waals surface area (Å²) in [6.07, 6.45) is 0. The summed E-state index contributed by atoms with van der Waals surface area (Å²) in [5.41, 5.74) is 0.320. The summed E-state index contributed by atoms with van der Waals surface area (Å²) in [6.45, 7) is 10.1. The highest BCUT2D eigenvalue weighted by molar-refractivity contribution is 7.89. The van der Waals surface area contributed by atoms with Crippen molar-refractivity contribution in [2.24, 2.45) is 5.41 Å². The third-order valence-corrected chi connectivity index (χ3v) is 6.18. The molecule has 5 nitrogen and oxygen atoms in total. The molecule has 1 fully saturated rings. The number of ether oxygens (including phenoxy) is 1. The van der Waals surface area contributed by atoms with E-state index in [0.29, 0.717) is 36.2 Å². The van der Waals surface area contributed by atoms with Crippen LogP contribution in [0.25, 0.3) is 4.85 Å². The van der Waals surface area contributed by atoms with Crippen LogP contribution in [0.2, 0.25) is 5.02 Å². The maximum absolute atomic E-state index is 12.6. The lowest BCUT2D eigenvalue weighted by molar-refractivity contribution is 0.0360. The van der Waals surface area contributed by atoms with Gasteiger partial charge in [0.05, 0.1) is 18.1 Å². The predicted octanol–water partition coefficient (Wildman–Crippen LogP) is 3.98. The molecule has 1 saturated heterocycles. The fourth-order valence-corrected chi connectivity index (χ4v) is 4.56. The monoisotopic (exact) mass is 376 g/mol. The lowest BCUT2D eigenvalue weighted by Gasteiger charge is -2.46. The SMILES string of the molecule is [C-]#[N+]c1ccc(OCC2(C)CN(S(=O)(=O)c3ccc(Cl)cc3)C2)cc1. The highest BCUT2D eigenvalue weighted by atomic mass is 35.5. The minimum atomic E-state index is -3.50. The van der Waals surface area contributed by atoms with E-state index < -0.39 is 10.0 Å². The molecule has 0 atom stereocenters. The van der Waals surface area contributed by atoms with Crippen molar-refractivity contribution in [2.45, 2.75) is 11.8 Å². The summed E-state index contributed by atoms with van der Waals surface area (Å²) < 4.78 is 32.3. The van der Waals surface area contributed by atoms with Crippen LogP contribution in [0.15, 0.2) is 53.4 Å². The van der Waals surface area contributed by atoms with Gasteiger partial charge in [-0.1, -0.05) is 30.7 Å². The van der Waals surface area contributed by atoms with Crippen LogP contribution < -0.4 is 4.74 Å². The molecule has 3 rings (SSSR count). The van der Waals surface area contributed by atoms with E-state index in [1.807, 2.05) is 6.92 Å². The van der Waals surface area contributed by atoms with Gasteiger partial charge in [-0.05, 0) is 36.4 Å². The molecule has 1 aliphatic rings. The maximum atomic E-state index is 12.6. The predicted molar refractivity (Wildman–Crippen MR) is 96.5 cm³/mol. The van der Waals surface area contributed by atoms with Gasteiger partial charge in [0, 0.05) is 23.5 Å². The highest BCUT2D eigenvalue weighted by Gasteiger charge is 2.45. The normalized spacial score (nSPS) is 16.7. The van der Waals surface area contributed by atoms with Gasteiger partial charge in [0.15, 0.2) is 5.69 Å². The van der Waals surface area contributed by atoms with E-state index in [4.69, 9.17) is 22.9 Å². The van der Waals surface area contributed by atoms with Gasteiger partial charge in [0.25, 0.3) is 0 Å². The molecule has 0 aliphatic carbocycles. The quantitative estimate of drug-likeness (QED) is 0.741. The van der Waals surface area contributed by atoms with Crippen LogP contribution in [0, 0.1) is 12.0 Å². The third-order valence-electron chi connectivity index (χ3n) is 4.12. The standard InChI is InChI=1S/C18H17ClN2O3S/c1-18(13-24-16-7-5-15(20-2)6-8-16)11-21(12-18)25(22,23)17-9-3-14(19)4-10-17/h3-10H,11-13H2,1H3. The maximum Gasteiger partial charge on any atom is 0.243 e. The first-order chi connectivity index (χ1) is 11.8. The lowest BCUT2D eigenvalue weighted by Crippen LogP contribution is -2.59. The summed E-state index contributed by atoms with van der Waals surface area (Å²) in [4.78, 5) is 3.58. The molecule has 130 valence electrons. The zero-order valence-electron chi connectivity index (χ0n) is 13.6. The van der Waals surface area contributed by atoms with Crippen LogP contribution in [0.5, 0.6) is 5.75 Å². The van der Waals surface area contributed by atoms with E-state index in [-0.39, 0.29) is 10.3 Å². The smallest absolute Gasteiger partial charge is 0.243 e.